The molecule has 34 heavy (non-hydrogen) atoms. The van der Waals surface area contributed by atoms with E-state index in [0.29, 0.717) is 16.9 Å². The highest BCUT2D eigenvalue weighted by Crippen LogP contribution is 2.29. The van der Waals surface area contributed by atoms with E-state index in [4.69, 9.17) is 4.74 Å². The fourth-order valence-corrected chi connectivity index (χ4v) is 3.39. The maximum Gasteiger partial charge on any atom is 0.355 e. The van der Waals surface area contributed by atoms with Gasteiger partial charge in [0.05, 0.1) is 5.56 Å². The van der Waals surface area contributed by atoms with Gasteiger partial charge in [0.2, 0.25) is 5.91 Å². The molecule has 3 aromatic rings. The number of anilines is 1. The number of esters is 1. The highest BCUT2D eigenvalue weighted by atomic mass is 16.5. The van der Waals surface area contributed by atoms with Gasteiger partial charge >= 0.3 is 5.97 Å². The van der Waals surface area contributed by atoms with Crippen molar-refractivity contribution < 1.29 is 19.1 Å². The van der Waals surface area contributed by atoms with Gasteiger partial charge in [-0.1, -0.05) is 48.5 Å². The molecule has 0 bridgehead atoms. The second kappa shape index (κ2) is 10.8. The van der Waals surface area contributed by atoms with Gasteiger partial charge in [0.15, 0.2) is 6.61 Å². The number of amides is 2. The lowest BCUT2D eigenvalue weighted by Gasteiger charge is -2.13. The molecule has 1 heterocycles. The lowest BCUT2D eigenvalue weighted by atomic mass is 10.2. The van der Waals surface area contributed by atoms with Crippen molar-refractivity contribution in [2.45, 2.75) is 20.8 Å². The molecular weight excluding hydrogens is 432 g/mol. The van der Waals surface area contributed by atoms with Crippen LogP contribution in [0.15, 0.2) is 66.4 Å². The van der Waals surface area contributed by atoms with Gasteiger partial charge in [-0.15, -0.1) is 0 Å². The molecule has 3 rings (SSSR count). The Balaban J connectivity index is 1.79. The lowest BCUT2D eigenvalue weighted by Crippen LogP contribution is -2.29. The Hall–Kier alpha value is -4.64. The van der Waals surface area contributed by atoms with E-state index in [1.807, 2.05) is 43.3 Å². The summed E-state index contributed by atoms with van der Waals surface area (Å²) in [7, 11) is 0. The molecule has 0 unspecified atom stereocenters. The molecule has 2 N–H and O–H groups in total. The Morgan fingerprint density at radius 1 is 1.03 bits per heavy atom. The van der Waals surface area contributed by atoms with Gasteiger partial charge in [0.1, 0.15) is 17.6 Å². The first-order valence-electron chi connectivity index (χ1n) is 10.5. The van der Waals surface area contributed by atoms with Crippen LogP contribution in [0.5, 0.6) is 0 Å². The normalized spacial score (nSPS) is 10.8. The maximum atomic E-state index is 12.7. The van der Waals surface area contributed by atoms with E-state index in [-0.39, 0.29) is 5.70 Å². The molecule has 8 heteroatoms. The zero-order valence-electron chi connectivity index (χ0n) is 19.1. The average molecular weight is 457 g/mol. The van der Waals surface area contributed by atoms with Crippen LogP contribution in [-0.2, 0) is 19.1 Å². The van der Waals surface area contributed by atoms with E-state index in [2.05, 4.69) is 16.7 Å². The number of hydrogen-bond donors (Lipinski definition) is 2. The molecule has 172 valence electrons. The monoisotopic (exact) mass is 456 g/mol. The number of carbonyl (C=O) groups is 3. The summed E-state index contributed by atoms with van der Waals surface area (Å²) in [6.07, 6.45) is 1.46. The number of nitrogens with one attached hydrogen (secondary N) is 2. The van der Waals surface area contributed by atoms with Crippen molar-refractivity contribution in [3.63, 3.8) is 0 Å². The molecule has 2 amide bonds. The van der Waals surface area contributed by atoms with Crippen LogP contribution >= 0.6 is 0 Å². The highest BCUT2D eigenvalue weighted by Gasteiger charge is 2.22. The summed E-state index contributed by atoms with van der Waals surface area (Å²) in [5, 5.41) is 14.8. The number of nitrogens with zero attached hydrogens (tertiary/aromatic N) is 2. The third kappa shape index (κ3) is 5.58. The number of hydrogen-bond acceptors (Lipinski definition) is 5. The van der Waals surface area contributed by atoms with Crippen LogP contribution in [0.25, 0.3) is 11.8 Å². The summed E-state index contributed by atoms with van der Waals surface area (Å²) in [5.41, 5.74) is 3.22. The Morgan fingerprint density at radius 3 is 2.24 bits per heavy atom. The molecule has 0 radical (unpaired) electrons. The maximum absolute atomic E-state index is 12.7. The van der Waals surface area contributed by atoms with Gasteiger partial charge in [0.25, 0.3) is 5.91 Å². The van der Waals surface area contributed by atoms with Gasteiger partial charge in [0, 0.05) is 18.3 Å². The summed E-state index contributed by atoms with van der Waals surface area (Å²) >= 11 is 0. The first-order chi connectivity index (χ1) is 16.3. The number of nitriles is 1. The van der Waals surface area contributed by atoms with Crippen molar-refractivity contribution in [1.29, 1.82) is 5.26 Å². The number of rotatable bonds is 7. The molecule has 0 saturated heterocycles. The van der Waals surface area contributed by atoms with Crippen molar-refractivity contribution in [3.05, 3.63) is 88.7 Å². The summed E-state index contributed by atoms with van der Waals surface area (Å²) < 4.78 is 6.91. The quantitative estimate of drug-likeness (QED) is 0.416. The van der Waals surface area contributed by atoms with Gasteiger partial charge in [-0.2, -0.15) is 5.26 Å². The first-order valence-corrected chi connectivity index (χ1v) is 10.5. The van der Waals surface area contributed by atoms with Crippen LogP contribution in [0.3, 0.4) is 0 Å². The SMILES string of the molecule is CC(=O)N/C(=C/c1ccccc1)C(=O)OCC(=O)Nc1c(C#N)c(C)c(C)n1-c1ccccc1. The van der Waals surface area contributed by atoms with E-state index in [0.717, 1.165) is 16.9 Å². The van der Waals surface area contributed by atoms with Gasteiger partial charge < -0.3 is 15.4 Å². The molecule has 0 saturated carbocycles. The molecule has 2 aromatic carbocycles. The molecule has 0 atom stereocenters. The number of ether oxygens (including phenoxy) is 1. The predicted octanol–water partition coefficient (Wildman–Crippen LogP) is 3.62. The second-order valence-electron chi connectivity index (χ2n) is 7.49. The van der Waals surface area contributed by atoms with Crippen molar-refractivity contribution in [3.8, 4) is 11.8 Å². The number of benzene rings is 2. The van der Waals surface area contributed by atoms with Crippen LogP contribution < -0.4 is 10.6 Å². The molecule has 0 fully saturated rings. The molecule has 0 aliphatic carbocycles. The Morgan fingerprint density at radius 2 is 1.65 bits per heavy atom. The predicted molar refractivity (Wildman–Crippen MR) is 128 cm³/mol. The summed E-state index contributed by atoms with van der Waals surface area (Å²) in [4.78, 5) is 36.8. The van der Waals surface area contributed by atoms with Crippen molar-refractivity contribution >= 4 is 29.7 Å². The topological polar surface area (TPSA) is 113 Å². The third-order valence-electron chi connectivity index (χ3n) is 5.07. The fourth-order valence-electron chi connectivity index (χ4n) is 3.39. The summed E-state index contributed by atoms with van der Waals surface area (Å²) in [5.74, 6) is -1.64. The smallest absolute Gasteiger partial charge is 0.355 e. The van der Waals surface area contributed by atoms with E-state index in [1.165, 1.54) is 13.0 Å². The summed E-state index contributed by atoms with van der Waals surface area (Å²) in [6, 6.07) is 20.3. The standard InChI is InChI=1S/C26H24N4O4/c1-17-18(2)30(21-12-8-5-9-13-21)25(22(17)15-27)29-24(32)16-34-26(33)23(28-19(3)31)14-20-10-6-4-7-11-20/h4-14H,16H2,1-3H3,(H,28,31)(H,29,32)/b23-14+. The third-order valence-corrected chi connectivity index (χ3v) is 5.07. The van der Waals surface area contributed by atoms with Crippen LogP contribution in [-0.4, -0.2) is 29.0 Å². The fraction of sp³-hybridized carbons (Fsp3) is 0.154. The van der Waals surface area contributed by atoms with Gasteiger partial charge in [-0.25, -0.2) is 4.79 Å². The molecule has 1 aromatic heterocycles. The second-order valence-corrected chi connectivity index (χ2v) is 7.49. The van der Waals surface area contributed by atoms with Gasteiger partial charge in [-0.3, -0.25) is 14.2 Å². The Bertz CT molecular complexity index is 1290. The van der Waals surface area contributed by atoms with Crippen molar-refractivity contribution in [1.82, 2.24) is 9.88 Å². The van der Waals surface area contributed by atoms with Crippen LogP contribution in [0.2, 0.25) is 0 Å². The largest absolute Gasteiger partial charge is 0.451 e. The zero-order valence-corrected chi connectivity index (χ0v) is 19.1. The van der Waals surface area contributed by atoms with Crippen LogP contribution in [0, 0.1) is 25.2 Å². The molecule has 0 spiro atoms. The minimum Gasteiger partial charge on any atom is -0.451 e. The minimum absolute atomic E-state index is 0.0939. The van der Waals surface area contributed by atoms with Crippen molar-refractivity contribution in [2.75, 3.05) is 11.9 Å². The molecular formula is C26H24N4O4. The Kier molecular flexibility index (Phi) is 7.62. The van der Waals surface area contributed by atoms with E-state index < -0.39 is 24.4 Å². The minimum atomic E-state index is -0.861. The first kappa shape index (κ1) is 24.0. The van der Waals surface area contributed by atoms with E-state index in [1.54, 1.807) is 35.8 Å². The zero-order chi connectivity index (χ0) is 24.7. The molecule has 0 aliphatic rings. The number of carbonyl (C=O) groups excluding carboxylic acids is 3. The molecule has 0 aliphatic heterocycles. The lowest BCUT2D eigenvalue weighted by molar-refractivity contribution is -0.144. The van der Waals surface area contributed by atoms with E-state index >= 15 is 0 Å². The Labute approximate surface area is 197 Å². The van der Waals surface area contributed by atoms with Crippen molar-refractivity contribution in [2.24, 2.45) is 0 Å². The molecule has 8 nitrogen and oxygen atoms in total. The van der Waals surface area contributed by atoms with Crippen LogP contribution in [0.1, 0.15) is 29.3 Å². The van der Waals surface area contributed by atoms with Gasteiger partial charge in [-0.05, 0) is 43.2 Å². The highest BCUT2D eigenvalue weighted by molar-refractivity contribution is 6.00. The summed E-state index contributed by atoms with van der Waals surface area (Å²) in [6.45, 7) is 4.32. The average Bonchev–Trinajstić information content (AvgIpc) is 3.06. The van der Waals surface area contributed by atoms with Crippen LogP contribution in [0.4, 0.5) is 5.82 Å². The number of aromatic nitrogens is 1. The number of para-hydroxylation sites is 1. The van der Waals surface area contributed by atoms with E-state index in [9.17, 15) is 19.6 Å².